The molecule has 94 valence electrons. The zero-order chi connectivity index (χ0) is 12.1. The van der Waals surface area contributed by atoms with Gasteiger partial charge >= 0.3 is 0 Å². The van der Waals surface area contributed by atoms with Gasteiger partial charge in [0.25, 0.3) is 0 Å². The third-order valence-corrected chi connectivity index (χ3v) is 3.70. The van der Waals surface area contributed by atoms with Crippen molar-refractivity contribution in [3.05, 3.63) is 34.3 Å². The average molecular weight is 298 g/mol. The maximum absolute atomic E-state index is 6.15. The predicted octanol–water partition coefficient (Wildman–Crippen LogP) is 3.67. The van der Waals surface area contributed by atoms with Crippen molar-refractivity contribution in [1.82, 2.24) is 5.32 Å². The predicted molar refractivity (Wildman–Crippen MR) is 74.2 cm³/mol. The van der Waals surface area contributed by atoms with Gasteiger partial charge in [-0.05, 0) is 43.5 Å². The van der Waals surface area contributed by atoms with Crippen molar-refractivity contribution in [2.75, 3.05) is 13.1 Å². The van der Waals surface area contributed by atoms with E-state index in [1.165, 1.54) is 24.8 Å². The van der Waals surface area contributed by atoms with Crippen molar-refractivity contribution >= 4 is 15.9 Å². The molecule has 2 nitrogen and oxygen atoms in total. The van der Waals surface area contributed by atoms with Gasteiger partial charge in [-0.2, -0.15) is 0 Å². The molecule has 0 spiro atoms. The molecule has 1 N–H and O–H groups in total. The molecule has 1 fully saturated rings. The Balaban J connectivity index is 2.02. The lowest BCUT2D eigenvalue weighted by molar-refractivity contribution is -0.0518. The molecule has 1 aromatic rings. The summed E-state index contributed by atoms with van der Waals surface area (Å²) in [5, 5.41) is 3.38. The summed E-state index contributed by atoms with van der Waals surface area (Å²) in [4.78, 5) is 0. The van der Waals surface area contributed by atoms with Crippen LogP contribution in [0, 0.1) is 0 Å². The summed E-state index contributed by atoms with van der Waals surface area (Å²) < 4.78 is 7.27. The Morgan fingerprint density at radius 3 is 2.88 bits per heavy atom. The largest absolute Gasteiger partial charge is 0.369 e. The van der Waals surface area contributed by atoms with Crippen LogP contribution in [-0.4, -0.2) is 19.2 Å². The van der Waals surface area contributed by atoms with Gasteiger partial charge in [0.05, 0.1) is 12.2 Å². The van der Waals surface area contributed by atoms with Gasteiger partial charge in [0, 0.05) is 11.0 Å². The van der Waals surface area contributed by atoms with Crippen LogP contribution in [0.25, 0.3) is 0 Å². The molecule has 0 saturated heterocycles. The average Bonchev–Trinajstić information content (AvgIpc) is 2.27. The van der Waals surface area contributed by atoms with E-state index in [0.29, 0.717) is 6.10 Å². The molecule has 0 amide bonds. The Morgan fingerprint density at radius 2 is 2.29 bits per heavy atom. The second-order valence-corrected chi connectivity index (χ2v) is 5.46. The van der Waals surface area contributed by atoms with E-state index in [9.17, 15) is 0 Å². The molecule has 0 aromatic heterocycles. The second-order valence-electron chi connectivity index (χ2n) is 4.54. The Hall–Kier alpha value is -0.380. The number of hydrogen-bond acceptors (Lipinski definition) is 2. The van der Waals surface area contributed by atoms with E-state index in [1.54, 1.807) is 0 Å². The van der Waals surface area contributed by atoms with Gasteiger partial charge in [0.2, 0.25) is 0 Å². The number of rotatable bonds is 6. The van der Waals surface area contributed by atoms with Crippen LogP contribution in [0.15, 0.2) is 28.7 Å². The van der Waals surface area contributed by atoms with E-state index in [1.807, 2.05) is 0 Å². The number of benzene rings is 1. The molecule has 1 aliphatic carbocycles. The summed E-state index contributed by atoms with van der Waals surface area (Å²) in [5.41, 5.74) is 1.26. The zero-order valence-corrected chi connectivity index (χ0v) is 11.9. The molecular formula is C14H20BrNO. The number of ether oxygens (including phenoxy) is 1. The Labute approximate surface area is 112 Å². The Morgan fingerprint density at radius 1 is 1.47 bits per heavy atom. The fraction of sp³-hybridized carbons (Fsp3) is 0.571. The van der Waals surface area contributed by atoms with E-state index < -0.39 is 0 Å². The third kappa shape index (κ3) is 3.80. The number of likely N-dealkylation sites (N-methyl/N-ethyl adjacent to an activating group) is 1. The standard InChI is InChI=1S/C14H20BrNO/c1-2-16-10-14(17-13-7-4-8-13)11-5-3-6-12(15)9-11/h3,5-6,9,13-14,16H,2,4,7-8,10H2,1H3. The lowest BCUT2D eigenvalue weighted by Gasteiger charge is -2.31. The number of halogens is 1. The first-order valence-electron chi connectivity index (χ1n) is 6.41. The minimum Gasteiger partial charge on any atom is -0.369 e. The second kappa shape index (κ2) is 6.53. The summed E-state index contributed by atoms with van der Waals surface area (Å²) in [7, 11) is 0. The molecular weight excluding hydrogens is 278 g/mol. The summed E-state index contributed by atoms with van der Waals surface area (Å²) >= 11 is 3.52. The Kier molecular flexibility index (Phi) is 5.01. The monoisotopic (exact) mass is 297 g/mol. The minimum absolute atomic E-state index is 0.178. The SMILES string of the molecule is CCNCC(OC1CCC1)c1cccc(Br)c1. The lowest BCUT2D eigenvalue weighted by atomic mass is 9.95. The zero-order valence-electron chi connectivity index (χ0n) is 10.3. The van der Waals surface area contributed by atoms with Crippen LogP contribution in [0.1, 0.15) is 37.9 Å². The molecule has 1 aliphatic rings. The van der Waals surface area contributed by atoms with Gasteiger partial charge in [-0.15, -0.1) is 0 Å². The van der Waals surface area contributed by atoms with E-state index >= 15 is 0 Å². The maximum Gasteiger partial charge on any atom is 0.0953 e. The fourth-order valence-electron chi connectivity index (χ4n) is 1.97. The van der Waals surface area contributed by atoms with E-state index in [-0.39, 0.29) is 6.10 Å². The Bertz CT molecular complexity index is 352. The number of hydrogen-bond donors (Lipinski definition) is 1. The fourth-order valence-corrected chi connectivity index (χ4v) is 2.38. The molecule has 1 atom stereocenters. The van der Waals surface area contributed by atoms with Crippen LogP contribution in [-0.2, 0) is 4.74 Å². The van der Waals surface area contributed by atoms with Crippen LogP contribution >= 0.6 is 15.9 Å². The highest BCUT2D eigenvalue weighted by molar-refractivity contribution is 9.10. The normalized spacial score (nSPS) is 17.8. The summed E-state index contributed by atoms with van der Waals surface area (Å²) in [6.07, 6.45) is 4.40. The molecule has 1 aromatic carbocycles. The van der Waals surface area contributed by atoms with Crippen molar-refractivity contribution in [1.29, 1.82) is 0 Å². The topological polar surface area (TPSA) is 21.3 Å². The first-order valence-corrected chi connectivity index (χ1v) is 7.20. The number of nitrogens with one attached hydrogen (secondary N) is 1. The maximum atomic E-state index is 6.15. The lowest BCUT2D eigenvalue weighted by Crippen LogP contribution is -2.30. The highest BCUT2D eigenvalue weighted by Crippen LogP contribution is 2.29. The minimum atomic E-state index is 0.178. The quantitative estimate of drug-likeness (QED) is 0.865. The van der Waals surface area contributed by atoms with Gasteiger partial charge in [0.1, 0.15) is 0 Å². The van der Waals surface area contributed by atoms with Crippen LogP contribution < -0.4 is 5.32 Å². The highest BCUT2D eigenvalue weighted by atomic mass is 79.9. The smallest absolute Gasteiger partial charge is 0.0953 e. The molecule has 0 radical (unpaired) electrons. The molecule has 0 heterocycles. The van der Waals surface area contributed by atoms with E-state index in [0.717, 1.165) is 17.6 Å². The molecule has 0 aliphatic heterocycles. The van der Waals surface area contributed by atoms with Crippen LogP contribution in [0.3, 0.4) is 0 Å². The molecule has 3 heteroatoms. The van der Waals surface area contributed by atoms with Crippen molar-refractivity contribution in [2.24, 2.45) is 0 Å². The van der Waals surface area contributed by atoms with Crippen LogP contribution in [0.5, 0.6) is 0 Å². The van der Waals surface area contributed by atoms with Crippen LogP contribution in [0.2, 0.25) is 0 Å². The summed E-state index contributed by atoms with van der Waals surface area (Å²) in [6, 6.07) is 8.42. The van der Waals surface area contributed by atoms with Crippen molar-refractivity contribution in [3.63, 3.8) is 0 Å². The molecule has 1 unspecified atom stereocenters. The van der Waals surface area contributed by atoms with Gasteiger partial charge in [-0.1, -0.05) is 35.0 Å². The summed E-state index contributed by atoms with van der Waals surface area (Å²) in [6.45, 7) is 4.00. The van der Waals surface area contributed by atoms with Gasteiger partial charge in [-0.3, -0.25) is 0 Å². The van der Waals surface area contributed by atoms with Crippen molar-refractivity contribution in [2.45, 2.75) is 38.4 Å². The third-order valence-electron chi connectivity index (χ3n) is 3.21. The van der Waals surface area contributed by atoms with Gasteiger partial charge in [0.15, 0.2) is 0 Å². The highest BCUT2D eigenvalue weighted by Gasteiger charge is 2.23. The first kappa shape index (κ1) is 13.1. The molecule has 1 saturated carbocycles. The van der Waals surface area contributed by atoms with E-state index in [4.69, 9.17) is 4.74 Å². The van der Waals surface area contributed by atoms with E-state index in [2.05, 4.69) is 52.4 Å². The van der Waals surface area contributed by atoms with Gasteiger partial charge in [-0.25, -0.2) is 0 Å². The molecule has 17 heavy (non-hydrogen) atoms. The van der Waals surface area contributed by atoms with Gasteiger partial charge < -0.3 is 10.1 Å². The summed E-state index contributed by atoms with van der Waals surface area (Å²) in [5.74, 6) is 0. The molecule has 2 rings (SSSR count). The van der Waals surface area contributed by atoms with Crippen molar-refractivity contribution < 1.29 is 4.74 Å². The first-order chi connectivity index (χ1) is 8.29. The van der Waals surface area contributed by atoms with Crippen LogP contribution in [0.4, 0.5) is 0 Å². The molecule has 0 bridgehead atoms. The van der Waals surface area contributed by atoms with Crippen molar-refractivity contribution in [3.8, 4) is 0 Å².